The van der Waals surface area contributed by atoms with E-state index in [0.29, 0.717) is 34.1 Å². The molecule has 0 unspecified atom stereocenters. The van der Waals surface area contributed by atoms with Gasteiger partial charge in [0.1, 0.15) is 0 Å². The second-order valence-electron chi connectivity index (χ2n) is 23.8. The van der Waals surface area contributed by atoms with Crippen LogP contribution in [0.2, 0.25) is 19.6 Å². The predicted molar refractivity (Wildman–Crippen MR) is 323 cm³/mol. The number of aromatic nitrogens is 5. The van der Waals surface area contributed by atoms with E-state index in [0.717, 1.165) is 84.9 Å². The molecule has 5 heterocycles. The molecule has 11 rings (SSSR count). The third-order valence-corrected chi connectivity index (χ3v) is 16.3. The van der Waals surface area contributed by atoms with Crippen LogP contribution >= 0.6 is 0 Å². The van der Waals surface area contributed by atoms with Crippen LogP contribution in [0.3, 0.4) is 0 Å². The van der Waals surface area contributed by atoms with Crippen LogP contribution in [-0.4, -0.2) is 32.6 Å². The van der Waals surface area contributed by atoms with E-state index in [4.69, 9.17) is 23.5 Å². The number of nitrogens with zero attached hydrogens (tertiary/aromatic N) is 5. The van der Waals surface area contributed by atoms with E-state index in [-0.39, 0.29) is 48.9 Å². The smallest absolute Gasteiger partial charge is 0.216 e. The summed E-state index contributed by atoms with van der Waals surface area (Å²) in [6.45, 7) is 24.8. The van der Waals surface area contributed by atoms with Gasteiger partial charge in [-0.15, -0.1) is 42.0 Å². The summed E-state index contributed by atoms with van der Waals surface area (Å²) in [7, 11) is -1.47. The van der Waals surface area contributed by atoms with E-state index in [2.05, 4.69) is 158 Å². The summed E-state index contributed by atoms with van der Waals surface area (Å²) in [6.07, 6.45) is 3.90. The van der Waals surface area contributed by atoms with Crippen LogP contribution in [0.1, 0.15) is 106 Å². The van der Waals surface area contributed by atoms with Crippen molar-refractivity contribution in [3.63, 3.8) is 0 Å². The fourth-order valence-corrected chi connectivity index (χ4v) is 12.2. The van der Waals surface area contributed by atoms with Crippen LogP contribution in [0, 0.1) is 36.1 Å². The summed E-state index contributed by atoms with van der Waals surface area (Å²) < 4.78 is 47.5. The molecule has 5 aromatic heterocycles. The standard InChI is InChI=1S/C45H43N4O.C24H27FNSi.Ir/c1-26(2)36-23-30(29-13-10-9-11-14-29)24-37(27(3)4)40(36)49-41-34-19-17-28(5)46-38(34)21-22-39(41)48-43(49)35-16-12-15-32-33-20-18-31(25-45(6,7)8)47-44(33)50-42(32)35;1-17(2)13-20-15-23(26-16-24(20)27(3,4)5)19-11-12-22(25)21(14-19)18-9-7-6-8-10-18;/h9-15,17-24,26-27H,25H2,1-8H3;6-10,12,14-17H,13H2,1-5H3;/q2*-1;/i5D3;;. The molecule has 9 heteroatoms. The van der Waals surface area contributed by atoms with Crippen LogP contribution in [-0.2, 0) is 32.9 Å². The quantitative estimate of drug-likeness (QED) is 0.0953. The molecule has 6 nitrogen and oxygen atoms in total. The minimum Gasteiger partial charge on any atom is -0.486 e. The van der Waals surface area contributed by atoms with Crippen molar-refractivity contribution >= 4 is 57.3 Å². The SMILES string of the molecule is CC(C)Cc1cc(-c2[c-]cc(F)c(-c3ccccc3)c2)ncc1[Si](C)(C)C.[2H]C([2H])([2H])c1ccc2c(ccc3nc(-c4[c-]ccc5c4oc4nc(CC(C)(C)C)ccc45)n(-c4c(C(C)C)cc(-c5ccccc5)cc4C(C)C)c32)n1.[Ir]. The van der Waals surface area contributed by atoms with Gasteiger partial charge in [0.2, 0.25) is 5.71 Å². The Morgan fingerprint density at radius 2 is 1.37 bits per heavy atom. The van der Waals surface area contributed by atoms with Crippen molar-refractivity contribution in [2.24, 2.45) is 11.3 Å². The van der Waals surface area contributed by atoms with Gasteiger partial charge in [-0.05, 0) is 130 Å². The number of hydrogen-bond acceptors (Lipinski definition) is 5. The van der Waals surface area contributed by atoms with Gasteiger partial charge in [0.15, 0.2) is 0 Å². The summed E-state index contributed by atoms with van der Waals surface area (Å²) in [5.41, 5.74) is 15.6. The fourth-order valence-electron chi connectivity index (χ4n) is 10.6. The summed E-state index contributed by atoms with van der Waals surface area (Å²) in [4.78, 5) is 19.7. The Balaban J connectivity index is 0.000000239. The number of aryl methyl sites for hydroxylation is 1. The molecule has 0 spiro atoms. The number of pyridine rings is 3. The Bertz CT molecular complexity index is 4050. The van der Waals surface area contributed by atoms with Crippen molar-refractivity contribution in [2.45, 2.75) is 113 Å². The average Bonchev–Trinajstić information content (AvgIpc) is 3.99. The summed E-state index contributed by atoms with van der Waals surface area (Å²) in [6, 6.07) is 52.3. The van der Waals surface area contributed by atoms with Crippen LogP contribution < -0.4 is 5.19 Å². The molecule has 1 radical (unpaired) electrons. The van der Waals surface area contributed by atoms with Crippen molar-refractivity contribution in [1.82, 2.24) is 24.5 Å². The van der Waals surface area contributed by atoms with Crippen molar-refractivity contribution < 1.29 is 33.0 Å². The molecule has 6 aromatic carbocycles. The second-order valence-corrected chi connectivity index (χ2v) is 28.8. The molecular weight excluding hydrogens is 1150 g/mol. The van der Waals surface area contributed by atoms with Crippen LogP contribution in [0.25, 0.3) is 94.6 Å². The molecule has 0 aliphatic carbocycles. The maximum absolute atomic E-state index is 14.4. The van der Waals surface area contributed by atoms with Gasteiger partial charge in [0.25, 0.3) is 0 Å². The molecule has 0 N–H and O–H groups in total. The zero-order valence-electron chi connectivity index (χ0n) is 49.9. The Labute approximate surface area is 479 Å². The Morgan fingerprint density at radius 3 is 2.01 bits per heavy atom. The first-order chi connectivity index (χ1) is 37.9. The molecule has 0 aliphatic heterocycles. The normalized spacial score (nSPS) is 12.8. The third kappa shape index (κ3) is 11.5. The molecule has 0 fully saturated rings. The number of fused-ring (bicyclic) bond motifs is 6. The third-order valence-electron chi connectivity index (χ3n) is 14.2. The average molecular weight is 1230 g/mol. The van der Waals surface area contributed by atoms with Crippen LogP contribution in [0.15, 0.2) is 150 Å². The number of imidazole rings is 1. The van der Waals surface area contributed by atoms with E-state index in [9.17, 15) is 4.39 Å². The Kier molecular flexibility index (Phi) is 14.9. The summed E-state index contributed by atoms with van der Waals surface area (Å²) in [5.74, 6) is 1.31. The first-order valence-corrected chi connectivity index (χ1v) is 30.5. The fraction of sp³-hybridized carbons (Fsp3) is 0.275. The largest absolute Gasteiger partial charge is 0.486 e. The van der Waals surface area contributed by atoms with Gasteiger partial charge in [0.05, 0.1) is 36.0 Å². The number of rotatable bonds is 11. The molecule has 0 saturated heterocycles. The van der Waals surface area contributed by atoms with Gasteiger partial charge in [0, 0.05) is 64.1 Å². The maximum atomic E-state index is 14.4. The van der Waals surface area contributed by atoms with Crippen LogP contribution in [0.5, 0.6) is 0 Å². The number of furan rings is 1. The molecular formula is C69H70FIrN5OSi-2. The maximum Gasteiger partial charge on any atom is 0.216 e. The van der Waals surface area contributed by atoms with E-state index in [1.807, 2.05) is 79.0 Å². The molecule has 0 saturated carbocycles. The van der Waals surface area contributed by atoms with Crippen molar-refractivity contribution in [2.75, 3.05) is 0 Å². The van der Waals surface area contributed by atoms with Gasteiger partial charge >= 0.3 is 0 Å². The zero-order chi connectivity index (χ0) is 57.0. The van der Waals surface area contributed by atoms with E-state index in [1.165, 1.54) is 27.9 Å². The summed E-state index contributed by atoms with van der Waals surface area (Å²) in [5, 5.41) is 4.12. The number of halogens is 1. The number of benzene rings is 6. The molecule has 0 amide bonds. The van der Waals surface area contributed by atoms with Gasteiger partial charge in [-0.2, -0.15) is 0 Å². The summed E-state index contributed by atoms with van der Waals surface area (Å²) >= 11 is 0. The molecule has 0 aliphatic rings. The van der Waals surface area contributed by atoms with E-state index in [1.54, 1.807) is 6.07 Å². The minimum atomic E-state index is -2.33. The monoisotopic (exact) mass is 1230 g/mol. The van der Waals surface area contributed by atoms with Gasteiger partial charge in [-0.25, -0.2) is 4.98 Å². The minimum absolute atomic E-state index is 0. The predicted octanol–water partition coefficient (Wildman–Crippen LogP) is 18.2. The molecule has 0 bridgehead atoms. The van der Waals surface area contributed by atoms with Crippen molar-refractivity contribution in [1.29, 1.82) is 0 Å². The van der Waals surface area contributed by atoms with E-state index < -0.39 is 14.9 Å². The van der Waals surface area contributed by atoms with E-state index >= 15 is 0 Å². The Hall–Kier alpha value is -6.90. The van der Waals surface area contributed by atoms with Crippen molar-refractivity contribution in [3.05, 3.63) is 192 Å². The van der Waals surface area contributed by atoms with Crippen LogP contribution in [0.4, 0.5) is 4.39 Å². The second kappa shape index (κ2) is 22.4. The first kappa shape index (κ1) is 51.8. The number of hydrogen-bond donors (Lipinski definition) is 0. The molecule has 399 valence electrons. The molecule has 11 aromatic rings. The molecule has 78 heavy (non-hydrogen) atoms. The van der Waals surface area contributed by atoms with Gasteiger partial charge < -0.3 is 14.0 Å². The molecule has 0 atom stereocenters. The van der Waals surface area contributed by atoms with Gasteiger partial charge in [-0.3, -0.25) is 14.4 Å². The van der Waals surface area contributed by atoms with Gasteiger partial charge in [-0.1, -0.05) is 171 Å². The Morgan fingerprint density at radius 1 is 0.705 bits per heavy atom. The topological polar surface area (TPSA) is 69.6 Å². The first-order valence-electron chi connectivity index (χ1n) is 28.5. The zero-order valence-corrected chi connectivity index (χ0v) is 50.3. The van der Waals surface area contributed by atoms with Crippen molar-refractivity contribution in [3.8, 4) is 50.6 Å².